The molecule has 0 bridgehead atoms. The fourth-order valence-corrected chi connectivity index (χ4v) is 1.39. The monoisotopic (exact) mass is 214 g/mol. The van der Waals surface area contributed by atoms with E-state index in [0.29, 0.717) is 11.7 Å². The number of rotatable bonds is 5. The van der Waals surface area contributed by atoms with Crippen molar-refractivity contribution in [2.75, 3.05) is 7.11 Å². The van der Waals surface area contributed by atoms with E-state index in [0.717, 1.165) is 6.42 Å². The standard InChI is InChI=1S/C10H18N2O3/c1-5-8(6(2)13)10-11-9(12-15-10)7(3)14-4/h6-8,13H,5H2,1-4H3. The molecule has 1 aromatic rings. The minimum atomic E-state index is -0.485. The second kappa shape index (κ2) is 5.23. The van der Waals surface area contributed by atoms with Gasteiger partial charge in [-0.1, -0.05) is 12.1 Å². The van der Waals surface area contributed by atoms with Gasteiger partial charge < -0.3 is 14.4 Å². The summed E-state index contributed by atoms with van der Waals surface area (Å²) in [5.41, 5.74) is 0. The van der Waals surface area contributed by atoms with Crippen molar-refractivity contribution in [2.24, 2.45) is 0 Å². The van der Waals surface area contributed by atoms with Crippen molar-refractivity contribution >= 4 is 0 Å². The molecule has 1 aromatic heterocycles. The number of methoxy groups -OCH3 is 1. The Balaban J connectivity index is 2.82. The lowest BCUT2D eigenvalue weighted by Gasteiger charge is -2.12. The molecule has 0 spiro atoms. The van der Waals surface area contributed by atoms with E-state index in [1.54, 1.807) is 14.0 Å². The average molecular weight is 214 g/mol. The van der Waals surface area contributed by atoms with Crippen LogP contribution >= 0.6 is 0 Å². The van der Waals surface area contributed by atoms with E-state index in [4.69, 9.17) is 9.26 Å². The average Bonchev–Trinajstić information content (AvgIpc) is 2.66. The molecule has 0 saturated heterocycles. The van der Waals surface area contributed by atoms with Gasteiger partial charge in [-0.2, -0.15) is 4.98 Å². The largest absolute Gasteiger partial charge is 0.393 e. The summed E-state index contributed by atoms with van der Waals surface area (Å²) in [6, 6.07) is 0. The molecule has 0 saturated carbocycles. The zero-order chi connectivity index (χ0) is 11.4. The Bertz CT molecular complexity index is 299. The molecule has 0 aliphatic rings. The molecule has 5 nitrogen and oxygen atoms in total. The van der Waals surface area contributed by atoms with Crippen LogP contribution in [-0.4, -0.2) is 28.5 Å². The molecule has 3 unspecified atom stereocenters. The molecular weight excluding hydrogens is 196 g/mol. The summed E-state index contributed by atoms with van der Waals surface area (Å²) < 4.78 is 10.2. The summed E-state index contributed by atoms with van der Waals surface area (Å²) in [4.78, 5) is 4.21. The summed E-state index contributed by atoms with van der Waals surface area (Å²) in [5.74, 6) is 0.897. The zero-order valence-electron chi connectivity index (χ0n) is 9.60. The SMILES string of the molecule is CCC(c1nc(C(C)OC)no1)C(C)O. The van der Waals surface area contributed by atoms with Gasteiger partial charge in [0.15, 0.2) is 5.82 Å². The third-order valence-corrected chi connectivity index (χ3v) is 2.51. The Morgan fingerprint density at radius 3 is 2.60 bits per heavy atom. The van der Waals surface area contributed by atoms with Crippen molar-refractivity contribution in [1.82, 2.24) is 10.1 Å². The van der Waals surface area contributed by atoms with E-state index in [9.17, 15) is 5.11 Å². The van der Waals surface area contributed by atoms with Crippen molar-refractivity contribution in [1.29, 1.82) is 0 Å². The molecule has 86 valence electrons. The second-order valence-electron chi connectivity index (χ2n) is 3.62. The summed E-state index contributed by atoms with van der Waals surface area (Å²) in [7, 11) is 1.59. The number of nitrogens with zero attached hydrogens (tertiary/aromatic N) is 2. The number of hydrogen-bond donors (Lipinski definition) is 1. The highest BCUT2D eigenvalue weighted by Crippen LogP contribution is 2.23. The number of aromatic nitrogens is 2. The summed E-state index contributed by atoms with van der Waals surface area (Å²) in [6.45, 7) is 5.54. The molecule has 1 N–H and O–H groups in total. The van der Waals surface area contributed by atoms with Gasteiger partial charge in [0.05, 0.1) is 12.0 Å². The minimum absolute atomic E-state index is 0.102. The van der Waals surface area contributed by atoms with Gasteiger partial charge in [0.2, 0.25) is 5.89 Å². The van der Waals surface area contributed by atoms with E-state index in [1.807, 2.05) is 13.8 Å². The van der Waals surface area contributed by atoms with Crippen LogP contribution in [0, 0.1) is 0 Å². The van der Waals surface area contributed by atoms with Crippen LogP contribution in [0.1, 0.15) is 50.9 Å². The van der Waals surface area contributed by atoms with Gasteiger partial charge in [-0.05, 0) is 20.3 Å². The molecular formula is C10H18N2O3. The number of aliphatic hydroxyl groups is 1. The molecule has 3 atom stereocenters. The molecule has 0 aliphatic carbocycles. The van der Waals surface area contributed by atoms with Gasteiger partial charge in [0, 0.05) is 7.11 Å². The Kier molecular flexibility index (Phi) is 4.23. The zero-order valence-corrected chi connectivity index (χ0v) is 9.60. The molecule has 0 amide bonds. The Hall–Kier alpha value is -0.940. The predicted molar refractivity (Wildman–Crippen MR) is 54.4 cm³/mol. The molecule has 15 heavy (non-hydrogen) atoms. The van der Waals surface area contributed by atoms with Crippen LogP contribution in [0.4, 0.5) is 0 Å². The van der Waals surface area contributed by atoms with Crippen LogP contribution in [0.25, 0.3) is 0 Å². The maximum atomic E-state index is 9.51. The van der Waals surface area contributed by atoms with Gasteiger partial charge in [0.25, 0.3) is 0 Å². The maximum absolute atomic E-state index is 9.51. The fourth-order valence-electron chi connectivity index (χ4n) is 1.39. The molecule has 1 heterocycles. The molecule has 5 heteroatoms. The molecule has 0 radical (unpaired) electrons. The molecule has 1 rings (SSSR count). The van der Waals surface area contributed by atoms with Gasteiger partial charge in [-0.15, -0.1) is 0 Å². The highest BCUT2D eigenvalue weighted by Gasteiger charge is 2.23. The fraction of sp³-hybridized carbons (Fsp3) is 0.800. The topological polar surface area (TPSA) is 68.4 Å². The van der Waals surface area contributed by atoms with Crippen LogP contribution in [0.3, 0.4) is 0 Å². The van der Waals surface area contributed by atoms with Crippen molar-refractivity contribution < 1.29 is 14.4 Å². The van der Waals surface area contributed by atoms with Gasteiger partial charge in [0.1, 0.15) is 6.10 Å². The smallest absolute Gasteiger partial charge is 0.232 e. The number of aliphatic hydroxyl groups excluding tert-OH is 1. The first kappa shape index (κ1) is 12.1. The molecule has 0 aliphatic heterocycles. The highest BCUT2D eigenvalue weighted by molar-refractivity contribution is 4.97. The second-order valence-corrected chi connectivity index (χ2v) is 3.62. The van der Waals surface area contributed by atoms with E-state index in [-0.39, 0.29) is 12.0 Å². The van der Waals surface area contributed by atoms with Gasteiger partial charge in [-0.25, -0.2) is 0 Å². The Morgan fingerprint density at radius 2 is 2.13 bits per heavy atom. The predicted octanol–water partition coefficient (Wildman–Crippen LogP) is 1.65. The van der Waals surface area contributed by atoms with Gasteiger partial charge in [-0.3, -0.25) is 0 Å². The van der Waals surface area contributed by atoms with Crippen molar-refractivity contribution in [3.8, 4) is 0 Å². The normalized spacial score (nSPS) is 17.4. The Labute approximate surface area is 89.4 Å². The van der Waals surface area contributed by atoms with E-state index in [2.05, 4.69) is 10.1 Å². The molecule has 0 aromatic carbocycles. The lowest BCUT2D eigenvalue weighted by Crippen LogP contribution is -2.14. The van der Waals surface area contributed by atoms with Crippen LogP contribution in [0.5, 0.6) is 0 Å². The lowest BCUT2D eigenvalue weighted by molar-refractivity contribution is 0.109. The third-order valence-electron chi connectivity index (χ3n) is 2.51. The highest BCUT2D eigenvalue weighted by atomic mass is 16.5. The Morgan fingerprint density at radius 1 is 1.47 bits per heavy atom. The summed E-state index contributed by atoms with van der Waals surface area (Å²) in [6.07, 6.45) is 0.0934. The summed E-state index contributed by atoms with van der Waals surface area (Å²) >= 11 is 0. The third kappa shape index (κ3) is 2.76. The maximum Gasteiger partial charge on any atom is 0.232 e. The number of hydrogen-bond acceptors (Lipinski definition) is 5. The van der Waals surface area contributed by atoms with E-state index >= 15 is 0 Å². The first-order valence-corrected chi connectivity index (χ1v) is 5.14. The van der Waals surface area contributed by atoms with Crippen LogP contribution < -0.4 is 0 Å². The van der Waals surface area contributed by atoms with Crippen molar-refractivity contribution in [2.45, 2.75) is 45.3 Å². The van der Waals surface area contributed by atoms with Gasteiger partial charge >= 0.3 is 0 Å². The van der Waals surface area contributed by atoms with Crippen LogP contribution in [0.2, 0.25) is 0 Å². The number of ether oxygens (including phenoxy) is 1. The lowest BCUT2D eigenvalue weighted by atomic mass is 10.0. The quantitative estimate of drug-likeness (QED) is 0.807. The van der Waals surface area contributed by atoms with Crippen molar-refractivity contribution in [3.63, 3.8) is 0 Å². The summed E-state index contributed by atoms with van der Waals surface area (Å²) in [5, 5.41) is 13.3. The van der Waals surface area contributed by atoms with Crippen LogP contribution in [0.15, 0.2) is 4.52 Å². The first-order valence-electron chi connectivity index (χ1n) is 5.14. The van der Waals surface area contributed by atoms with Crippen LogP contribution in [-0.2, 0) is 4.74 Å². The van der Waals surface area contributed by atoms with E-state index in [1.165, 1.54) is 0 Å². The van der Waals surface area contributed by atoms with Crippen molar-refractivity contribution in [3.05, 3.63) is 11.7 Å². The van der Waals surface area contributed by atoms with E-state index < -0.39 is 6.10 Å². The minimum Gasteiger partial charge on any atom is -0.393 e. The molecule has 0 fully saturated rings. The first-order chi connectivity index (χ1) is 7.10.